The maximum Gasteiger partial charge on any atom is 0.244 e. The highest BCUT2D eigenvalue weighted by Gasteiger charge is 1.98. The van der Waals surface area contributed by atoms with Crippen molar-refractivity contribution in [2.75, 3.05) is 0 Å². The van der Waals surface area contributed by atoms with Crippen LogP contribution in [0.2, 0.25) is 0 Å². The van der Waals surface area contributed by atoms with Crippen LogP contribution in [0.4, 0.5) is 0 Å². The molecule has 2 rings (SSSR count). The first-order valence-electron chi connectivity index (χ1n) is 6.88. The Bertz CT molecular complexity index is 647. The van der Waals surface area contributed by atoms with Gasteiger partial charge in [-0.15, -0.1) is 0 Å². The first-order chi connectivity index (χ1) is 10.2. The van der Waals surface area contributed by atoms with Crippen molar-refractivity contribution in [2.45, 2.75) is 20.1 Å². The third kappa shape index (κ3) is 4.89. The zero-order valence-electron chi connectivity index (χ0n) is 12.0. The van der Waals surface area contributed by atoms with Crippen LogP contribution in [0.5, 0.6) is 0 Å². The quantitative estimate of drug-likeness (QED) is 0.828. The van der Waals surface area contributed by atoms with Gasteiger partial charge in [0.05, 0.1) is 6.61 Å². The molecule has 0 radical (unpaired) electrons. The number of nitrogens with one attached hydrogen (secondary N) is 1. The molecular weight excluding hydrogens is 262 g/mol. The van der Waals surface area contributed by atoms with E-state index in [1.54, 1.807) is 6.08 Å². The minimum atomic E-state index is -0.133. The molecule has 2 aromatic carbocycles. The van der Waals surface area contributed by atoms with E-state index in [4.69, 9.17) is 5.11 Å². The van der Waals surface area contributed by atoms with Gasteiger partial charge >= 0.3 is 0 Å². The van der Waals surface area contributed by atoms with Crippen LogP contribution in [0.25, 0.3) is 6.08 Å². The molecule has 0 atom stereocenters. The van der Waals surface area contributed by atoms with E-state index >= 15 is 0 Å². The molecule has 0 fully saturated rings. The standard InChI is InChI=1S/C18H19NO2/c1-14-4-2-5-15(10-14)8-9-18(21)19-12-16-6-3-7-17(11-16)13-20/h2-11,20H,12-13H2,1H3,(H,19,21). The molecule has 0 aliphatic heterocycles. The topological polar surface area (TPSA) is 49.3 Å². The largest absolute Gasteiger partial charge is 0.392 e. The average Bonchev–Trinajstić information content (AvgIpc) is 2.51. The van der Waals surface area contributed by atoms with Crippen molar-refractivity contribution >= 4 is 12.0 Å². The number of aliphatic hydroxyl groups excluding tert-OH is 1. The number of rotatable bonds is 5. The van der Waals surface area contributed by atoms with E-state index < -0.39 is 0 Å². The highest BCUT2D eigenvalue weighted by molar-refractivity contribution is 5.91. The van der Waals surface area contributed by atoms with Crippen molar-refractivity contribution in [1.82, 2.24) is 5.32 Å². The van der Waals surface area contributed by atoms with Crippen LogP contribution in [-0.2, 0) is 17.9 Å². The molecule has 3 nitrogen and oxygen atoms in total. The molecule has 0 spiro atoms. The highest BCUT2D eigenvalue weighted by atomic mass is 16.3. The Hall–Kier alpha value is -2.39. The SMILES string of the molecule is Cc1cccc(C=CC(=O)NCc2cccc(CO)c2)c1. The van der Waals surface area contributed by atoms with E-state index in [-0.39, 0.29) is 12.5 Å². The Kier molecular flexibility index (Phi) is 5.29. The van der Waals surface area contributed by atoms with E-state index in [1.807, 2.05) is 55.5 Å². The molecule has 0 aliphatic rings. The smallest absolute Gasteiger partial charge is 0.244 e. The molecule has 0 aliphatic carbocycles. The third-order valence-electron chi connectivity index (χ3n) is 3.11. The predicted octanol–water partition coefficient (Wildman–Crippen LogP) is 2.82. The maximum atomic E-state index is 11.8. The average molecular weight is 281 g/mol. The summed E-state index contributed by atoms with van der Waals surface area (Å²) in [5, 5.41) is 11.9. The van der Waals surface area contributed by atoms with Crippen molar-refractivity contribution in [2.24, 2.45) is 0 Å². The van der Waals surface area contributed by atoms with Crippen molar-refractivity contribution < 1.29 is 9.90 Å². The number of carbonyl (C=O) groups excluding carboxylic acids is 1. The van der Waals surface area contributed by atoms with Crippen molar-refractivity contribution in [3.8, 4) is 0 Å². The number of benzene rings is 2. The second-order valence-corrected chi connectivity index (χ2v) is 4.94. The fourth-order valence-electron chi connectivity index (χ4n) is 2.03. The normalized spacial score (nSPS) is 10.8. The zero-order chi connectivity index (χ0) is 15.1. The lowest BCUT2D eigenvalue weighted by Crippen LogP contribution is -2.20. The molecule has 0 bridgehead atoms. The first-order valence-corrected chi connectivity index (χ1v) is 6.88. The van der Waals surface area contributed by atoms with Gasteiger partial charge in [-0.3, -0.25) is 4.79 Å². The summed E-state index contributed by atoms with van der Waals surface area (Å²) in [6.45, 7) is 2.48. The number of hydrogen-bond acceptors (Lipinski definition) is 2. The van der Waals surface area contributed by atoms with Crippen LogP contribution in [0.3, 0.4) is 0 Å². The number of carbonyl (C=O) groups is 1. The summed E-state index contributed by atoms with van der Waals surface area (Å²) < 4.78 is 0. The van der Waals surface area contributed by atoms with Gasteiger partial charge in [-0.05, 0) is 29.7 Å². The molecule has 2 N–H and O–H groups in total. The van der Waals surface area contributed by atoms with Crippen molar-refractivity contribution in [1.29, 1.82) is 0 Å². The summed E-state index contributed by atoms with van der Waals surface area (Å²) >= 11 is 0. The van der Waals surface area contributed by atoms with Crippen LogP contribution in [0, 0.1) is 6.92 Å². The summed E-state index contributed by atoms with van der Waals surface area (Å²) in [6, 6.07) is 15.5. The molecule has 0 unspecified atom stereocenters. The minimum absolute atomic E-state index is 0.00898. The molecule has 0 saturated heterocycles. The summed E-state index contributed by atoms with van der Waals surface area (Å²) in [5.41, 5.74) is 3.99. The molecule has 21 heavy (non-hydrogen) atoms. The van der Waals surface area contributed by atoms with Gasteiger partial charge in [-0.2, -0.15) is 0 Å². The van der Waals surface area contributed by atoms with Gasteiger partial charge in [0.2, 0.25) is 5.91 Å². The lowest BCUT2D eigenvalue weighted by Gasteiger charge is -2.04. The van der Waals surface area contributed by atoms with Gasteiger partial charge in [-0.1, -0.05) is 54.1 Å². The molecule has 0 saturated carbocycles. The molecule has 1 amide bonds. The fourth-order valence-corrected chi connectivity index (χ4v) is 2.03. The van der Waals surface area contributed by atoms with Crippen LogP contribution < -0.4 is 5.32 Å². The second kappa shape index (κ2) is 7.41. The fraction of sp³-hybridized carbons (Fsp3) is 0.167. The van der Waals surface area contributed by atoms with Crippen molar-refractivity contribution in [3.63, 3.8) is 0 Å². The van der Waals surface area contributed by atoms with Crippen LogP contribution in [-0.4, -0.2) is 11.0 Å². The van der Waals surface area contributed by atoms with E-state index in [1.165, 1.54) is 11.6 Å². The van der Waals surface area contributed by atoms with E-state index in [0.717, 1.165) is 16.7 Å². The monoisotopic (exact) mass is 281 g/mol. The van der Waals surface area contributed by atoms with Crippen molar-refractivity contribution in [3.05, 3.63) is 76.9 Å². The van der Waals surface area contributed by atoms with Crippen LogP contribution >= 0.6 is 0 Å². The molecular formula is C18H19NO2. The first kappa shape index (κ1) is 15.0. The summed E-state index contributed by atoms with van der Waals surface area (Å²) in [5.74, 6) is -0.133. The van der Waals surface area contributed by atoms with E-state index in [2.05, 4.69) is 5.32 Å². The van der Waals surface area contributed by atoms with Gasteiger partial charge in [0.25, 0.3) is 0 Å². The Morgan fingerprint density at radius 1 is 1.14 bits per heavy atom. The summed E-state index contributed by atoms with van der Waals surface area (Å²) in [6.07, 6.45) is 3.33. The van der Waals surface area contributed by atoms with Gasteiger partial charge in [0.15, 0.2) is 0 Å². The number of hydrogen-bond donors (Lipinski definition) is 2. The van der Waals surface area contributed by atoms with Gasteiger partial charge in [-0.25, -0.2) is 0 Å². The Morgan fingerprint density at radius 2 is 1.90 bits per heavy atom. The Balaban J connectivity index is 1.90. The maximum absolute atomic E-state index is 11.8. The molecule has 0 aromatic heterocycles. The number of aryl methyl sites for hydroxylation is 1. The van der Waals surface area contributed by atoms with Gasteiger partial charge in [0.1, 0.15) is 0 Å². The number of aliphatic hydroxyl groups is 1. The van der Waals surface area contributed by atoms with Crippen LogP contribution in [0.15, 0.2) is 54.6 Å². The minimum Gasteiger partial charge on any atom is -0.392 e. The second-order valence-electron chi connectivity index (χ2n) is 4.94. The predicted molar refractivity (Wildman–Crippen MR) is 84.4 cm³/mol. The summed E-state index contributed by atoms with van der Waals surface area (Å²) in [4.78, 5) is 11.8. The lowest BCUT2D eigenvalue weighted by atomic mass is 10.1. The van der Waals surface area contributed by atoms with E-state index in [9.17, 15) is 4.79 Å². The third-order valence-corrected chi connectivity index (χ3v) is 3.11. The molecule has 2 aromatic rings. The number of amides is 1. The lowest BCUT2D eigenvalue weighted by molar-refractivity contribution is -0.116. The summed E-state index contributed by atoms with van der Waals surface area (Å²) in [7, 11) is 0. The zero-order valence-corrected chi connectivity index (χ0v) is 12.0. The molecule has 0 heterocycles. The highest BCUT2D eigenvalue weighted by Crippen LogP contribution is 2.06. The van der Waals surface area contributed by atoms with Gasteiger partial charge < -0.3 is 10.4 Å². The molecule has 3 heteroatoms. The van der Waals surface area contributed by atoms with E-state index in [0.29, 0.717) is 6.54 Å². The Morgan fingerprint density at radius 3 is 2.67 bits per heavy atom. The van der Waals surface area contributed by atoms with Gasteiger partial charge in [0, 0.05) is 12.6 Å². The van der Waals surface area contributed by atoms with Crippen LogP contribution in [0.1, 0.15) is 22.3 Å². The Labute approximate surface area is 124 Å². The molecule has 108 valence electrons.